The Labute approximate surface area is 123 Å². The summed E-state index contributed by atoms with van der Waals surface area (Å²) in [5.74, 6) is 2.30. The molecule has 2 aliphatic carbocycles. The third kappa shape index (κ3) is 2.74. The Morgan fingerprint density at radius 2 is 2.05 bits per heavy atom. The van der Waals surface area contributed by atoms with Crippen LogP contribution in [0, 0.1) is 17.8 Å². The van der Waals surface area contributed by atoms with E-state index in [1.54, 1.807) is 0 Å². The second kappa shape index (κ2) is 5.95. The lowest BCUT2D eigenvalue weighted by Gasteiger charge is -2.53. The topological polar surface area (TPSA) is 9.23 Å². The fourth-order valence-electron chi connectivity index (χ4n) is 4.47. The molecule has 1 nitrogen and oxygen atoms in total. The quantitative estimate of drug-likeness (QED) is 0.511. The first-order chi connectivity index (χ1) is 9.03. The van der Waals surface area contributed by atoms with Crippen molar-refractivity contribution in [3.8, 4) is 0 Å². The molecule has 0 amide bonds. The number of rotatable bonds is 4. The first-order valence-electron chi connectivity index (χ1n) is 7.92. The Morgan fingerprint density at radius 1 is 1.32 bits per heavy atom. The van der Waals surface area contributed by atoms with Crippen LogP contribution in [-0.2, 0) is 4.74 Å². The Kier molecular flexibility index (Phi) is 4.70. The van der Waals surface area contributed by atoms with E-state index in [1.807, 2.05) is 6.92 Å². The summed E-state index contributed by atoms with van der Waals surface area (Å²) in [5, 5.41) is 0.643. The molecule has 0 saturated heterocycles. The van der Waals surface area contributed by atoms with Crippen LogP contribution >= 0.6 is 12.2 Å². The summed E-state index contributed by atoms with van der Waals surface area (Å²) in [5.41, 5.74) is 0.887. The van der Waals surface area contributed by atoms with Crippen molar-refractivity contribution in [1.29, 1.82) is 0 Å². The first-order valence-corrected chi connectivity index (χ1v) is 8.33. The SMILES string of the molecule is C=C(C)C(=S)OC1(CC)C(CC)CC2CCC[C@@H]1C2. The lowest BCUT2D eigenvalue weighted by atomic mass is 9.58. The Morgan fingerprint density at radius 3 is 2.63 bits per heavy atom. The number of thiocarbonyl (C=S) groups is 1. The predicted octanol–water partition coefficient (Wildman–Crippen LogP) is 5.29. The molecule has 2 bridgehead atoms. The van der Waals surface area contributed by atoms with Crippen LogP contribution in [0.5, 0.6) is 0 Å². The summed E-state index contributed by atoms with van der Waals surface area (Å²) in [6.45, 7) is 10.5. The monoisotopic (exact) mass is 280 g/mol. The zero-order valence-corrected chi connectivity index (χ0v) is 13.5. The maximum absolute atomic E-state index is 6.41. The van der Waals surface area contributed by atoms with Gasteiger partial charge in [-0.25, -0.2) is 0 Å². The molecule has 3 unspecified atom stereocenters. The van der Waals surface area contributed by atoms with Gasteiger partial charge >= 0.3 is 0 Å². The van der Waals surface area contributed by atoms with Crippen molar-refractivity contribution in [2.75, 3.05) is 0 Å². The second-order valence-corrected chi connectivity index (χ2v) is 6.92. The van der Waals surface area contributed by atoms with Gasteiger partial charge in [0.15, 0.2) is 5.05 Å². The average Bonchev–Trinajstić information content (AvgIpc) is 2.41. The van der Waals surface area contributed by atoms with E-state index in [9.17, 15) is 0 Å². The third-order valence-electron chi connectivity index (χ3n) is 5.46. The van der Waals surface area contributed by atoms with E-state index in [-0.39, 0.29) is 5.60 Å². The highest BCUT2D eigenvalue weighted by Crippen LogP contribution is 2.53. The standard InChI is InChI=1S/C17H28OS/c1-5-14-10-13-8-7-9-15(11-13)17(14,6-2)18-16(19)12(3)4/h13-15H,3,5-11H2,1-2,4H3/t13?,14?,15-,17?/m1/s1. The highest BCUT2D eigenvalue weighted by atomic mass is 32.1. The smallest absolute Gasteiger partial charge is 0.186 e. The van der Waals surface area contributed by atoms with Crippen LogP contribution < -0.4 is 0 Å². The average molecular weight is 280 g/mol. The van der Waals surface area contributed by atoms with Crippen LogP contribution in [-0.4, -0.2) is 10.7 Å². The molecule has 0 aromatic heterocycles. The minimum Gasteiger partial charge on any atom is -0.476 e. The highest BCUT2D eigenvalue weighted by molar-refractivity contribution is 7.80. The number of hydrogen-bond acceptors (Lipinski definition) is 2. The van der Waals surface area contributed by atoms with Crippen LogP contribution in [0.1, 0.15) is 65.7 Å². The summed E-state index contributed by atoms with van der Waals surface area (Å²) in [4.78, 5) is 0. The maximum atomic E-state index is 6.41. The minimum atomic E-state index is -0.0122. The van der Waals surface area contributed by atoms with Crippen molar-refractivity contribution in [2.24, 2.45) is 17.8 Å². The van der Waals surface area contributed by atoms with E-state index < -0.39 is 0 Å². The molecule has 0 heterocycles. The normalized spacial score (nSPS) is 37.7. The van der Waals surface area contributed by atoms with Crippen molar-refractivity contribution < 1.29 is 4.74 Å². The summed E-state index contributed by atoms with van der Waals surface area (Å²) in [7, 11) is 0. The van der Waals surface area contributed by atoms with Crippen LogP contribution in [0.25, 0.3) is 0 Å². The van der Waals surface area contributed by atoms with Gasteiger partial charge in [-0.15, -0.1) is 0 Å². The van der Waals surface area contributed by atoms with E-state index in [1.165, 1.54) is 38.5 Å². The summed E-state index contributed by atoms with van der Waals surface area (Å²) in [6.07, 6.45) is 9.09. The van der Waals surface area contributed by atoms with Gasteiger partial charge in [0.1, 0.15) is 5.60 Å². The van der Waals surface area contributed by atoms with Crippen molar-refractivity contribution >= 4 is 17.3 Å². The van der Waals surface area contributed by atoms with Gasteiger partial charge in [0.2, 0.25) is 0 Å². The van der Waals surface area contributed by atoms with E-state index in [2.05, 4.69) is 20.4 Å². The minimum absolute atomic E-state index is 0.0122. The molecule has 0 spiro atoms. The van der Waals surface area contributed by atoms with Crippen molar-refractivity contribution in [3.05, 3.63) is 12.2 Å². The molecule has 4 atom stereocenters. The van der Waals surface area contributed by atoms with Gasteiger partial charge in [0.05, 0.1) is 0 Å². The van der Waals surface area contributed by atoms with Crippen LogP contribution in [0.4, 0.5) is 0 Å². The molecule has 2 heteroatoms. The lowest BCUT2D eigenvalue weighted by Crippen LogP contribution is -2.53. The molecular weight excluding hydrogens is 252 g/mol. The van der Waals surface area contributed by atoms with Crippen molar-refractivity contribution in [1.82, 2.24) is 0 Å². The summed E-state index contributed by atoms with van der Waals surface area (Å²) >= 11 is 5.42. The van der Waals surface area contributed by atoms with E-state index >= 15 is 0 Å². The molecule has 2 fully saturated rings. The van der Waals surface area contributed by atoms with E-state index in [4.69, 9.17) is 17.0 Å². The molecule has 2 aliphatic rings. The molecule has 2 rings (SSSR count). The van der Waals surface area contributed by atoms with Gasteiger partial charge in [-0.05, 0) is 74.6 Å². The zero-order valence-electron chi connectivity index (χ0n) is 12.7. The Bertz CT molecular complexity index is 358. The van der Waals surface area contributed by atoms with Crippen LogP contribution in [0.2, 0.25) is 0 Å². The molecule has 0 aromatic rings. The molecule has 0 N–H and O–H groups in total. The van der Waals surface area contributed by atoms with Gasteiger partial charge in [0, 0.05) is 0 Å². The zero-order chi connectivity index (χ0) is 14.0. The fourth-order valence-corrected chi connectivity index (χ4v) is 4.63. The number of fused-ring (bicyclic) bond motifs is 2. The van der Waals surface area contributed by atoms with Gasteiger partial charge in [-0.2, -0.15) is 0 Å². The molecular formula is C17H28OS. The number of hydrogen-bond donors (Lipinski definition) is 0. The highest BCUT2D eigenvalue weighted by Gasteiger charge is 2.51. The molecule has 0 aliphatic heterocycles. The van der Waals surface area contributed by atoms with Crippen LogP contribution in [0.15, 0.2) is 12.2 Å². The third-order valence-corrected chi connectivity index (χ3v) is 5.89. The van der Waals surface area contributed by atoms with Gasteiger partial charge in [0.25, 0.3) is 0 Å². The summed E-state index contributed by atoms with van der Waals surface area (Å²) < 4.78 is 6.41. The Hall–Kier alpha value is -0.370. The van der Waals surface area contributed by atoms with Crippen LogP contribution in [0.3, 0.4) is 0 Å². The van der Waals surface area contributed by atoms with Gasteiger partial charge in [-0.1, -0.05) is 33.3 Å². The number of ether oxygens (including phenoxy) is 1. The second-order valence-electron chi connectivity index (χ2n) is 6.55. The first kappa shape index (κ1) is 15.0. The molecule has 0 radical (unpaired) electrons. The van der Waals surface area contributed by atoms with Crippen molar-refractivity contribution in [3.63, 3.8) is 0 Å². The molecule has 108 valence electrons. The van der Waals surface area contributed by atoms with Gasteiger partial charge < -0.3 is 4.74 Å². The maximum Gasteiger partial charge on any atom is 0.186 e. The predicted molar refractivity (Wildman–Crippen MR) is 85.4 cm³/mol. The fraction of sp³-hybridized carbons (Fsp3) is 0.824. The van der Waals surface area contributed by atoms with Gasteiger partial charge in [-0.3, -0.25) is 0 Å². The van der Waals surface area contributed by atoms with E-state index in [0.29, 0.717) is 16.9 Å². The largest absolute Gasteiger partial charge is 0.476 e. The molecule has 19 heavy (non-hydrogen) atoms. The van der Waals surface area contributed by atoms with Crippen molar-refractivity contribution in [2.45, 2.75) is 71.3 Å². The Balaban J connectivity index is 2.27. The molecule has 0 aromatic carbocycles. The molecule has 2 saturated carbocycles. The lowest BCUT2D eigenvalue weighted by molar-refractivity contribution is -0.113. The van der Waals surface area contributed by atoms with E-state index in [0.717, 1.165) is 17.9 Å². The summed E-state index contributed by atoms with van der Waals surface area (Å²) in [6, 6.07) is 0.